The van der Waals surface area contributed by atoms with Crippen molar-refractivity contribution in [1.82, 2.24) is 5.32 Å². The number of allylic oxidation sites excluding steroid dienone is 2. The van der Waals surface area contributed by atoms with Gasteiger partial charge in [-0.1, -0.05) is 42.5 Å². The van der Waals surface area contributed by atoms with E-state index in [2.05, 4.69) is 5.32 Å². The third-order valence-electron chi connectivity index (χ3n) is 5.23. The predicted octanol–water partition coefficient (Wildman–Crippen LogP) is 2.61. The second kappa shape index (κ2) is 8.97. The second-order valence-corrected chi connectivity index (χ2v) is 7.62. The lowest BCUT2D eigenvalue weighted by atomic mass is 9.91. The third kappa shape index (κ3) is 4.60. The standard InChI is InChI=1S/C24H28N4O2/c1-15(25)24(30)27-16(2)23(29)22-14-18(11-8-17-9-12-19(26)13-10-17)20-6-4-5-7-21(20)28(22)3/h4-16,22H,25-26H2,1-3H3,(H,27,30). The summed E-state index contributed by atoms with van der Waals surface area (Å²) in [6.07, 6.45) is 5.94. The molecule has 6 nitrogen and oxygen atoms in total. The molecule has 0 radical (unpaired) electrons. The first kappa shape index (κ1) is 21.3. The maximum Gasteiger partial charge on any atom is 0.237 e. The van der Waals surface area contributed by atoms with E-state index in [9.17, 15) is 9.59 Å². The van der Waals surface area contributed by atoms with Gasteiger partial charge in [0.2, 0.25) is 5.91 Å². The van der Waals surface area contributed by atoms with Crippen molar-refractivity contribution in [3.8, 4) is 0 Å². The smallest absolute Gasteiger partial charge is 0.237 e. The van der Waals surface area contributed by atoms with E-state index in [-0.39, 0.29) is 11.7 Å². The van der Waals surface area contributed by atoms with Gasteiger partial charge in [-0.05, 0) is 49.3 Å². The highest BCUT2D eigenvalue weighted by Gasteiger charge is 2.31. The van der Waals surface area contributed by atoms with E-state index < -0.39 is 18.1 Å². The van der Waals surface area contributed by atoms with Crippen LogP contribution in [0.5, 0.6) is 0 Å². The minimum atomic E-state index is -0.668. The first-order valence-electron chi connectivity index (χ1n) is 9.95. The van der Waals surface area contributed by atoms with Crippen LogP contribution in [0.2, 0.25) is 0 Å². The molecule has 0 aromatic heterocycles. The number of para-hydroxylation sites is 1. The number of nitrogens with two attached hydrogens (primary N) is 2. The van der Waals surface area contributed by atoms with Crippen molar-refractivity contribution >= 4 is 34.7 Å². The number of fused-ring (bicyclic) bond motifs is 1. The van der Waals surface area contributed by atoms with Gasteiger partial charge in [0.05, 0.1) is 12.1 Å². The van der Waals surface area contributed by atoms with E-state index in [1.54, 1.807) is 13.8 Å². The van der Waals surface area contributed by atoms with Gasteiger partial charge < -0.3 is 21.7 Å². The van der Waals surface area contributed by atoms with Crippen molar-refractivity contribution in [3.63, 3.8) is 0 Å². The average Bonchev–Trinajstić information content (AvgIpc) is 2.74. The molecule has 156 valence electrons. The van der Waals surface area contributed by atoms with Crippen LogP contribution in [0.1, 0.15) is 25.0 Å². The van der Waals surface area contributed by atoms with E-state index >= 15 is 0 Å². The van der Waals surface area contributed by atoms with E-state index in [4.69, 9.17) is 11.5 Å². The molecule has 0 aliphatic carbocycles. The van der Waals surface area contributed by atoms with Crippen molar-refractivity contribution in [2.45, 2.75) is 32.0 Å². The van der Waals surface area contributed by atoms with Crippen LogP contribution in [0.25, 0.3) is 11.6 Å². The fourth-order valence-electron chi connectivity index (χ4n) is 3.43. The average molecular weight is 405 g/mol. The van der Waals surface area contributed by atoms with E-state index in [1.807, 2.05) is 78.7 Å². The number of hydrogen-bond donors (Lipinski definition) is 3. The van der Waals surface area contributed by atoms with Gasteiger partial charge in [-0.3, -0.25) is 9.59 Å². The highest BCUT2D eigenvalue weighted by Crippen LogP contribution is 2.34. The summed E-state index contributed by atoms with van der Waals surface area (Å²) in [5.74, 6) is -0.443. The second-order valence-electron chi connectivity index (χ2n) is 7.62. The van der Waals surface area contributed by atoms with Crippen molar-refractivity contribution in [3.05, 3.63) is 71.8 Å². The Morgan fingerprint density at radius 2 is 1.73 bits per heavy atom. The van der Waals surface area contributed by atoms with Gasteiger partial charge in [0, 0.05) is 24.0 Å². The van der Waals surface area contributed by atoms with Crippen molar-refractivity contribution in [2.75, 3.05) is 17.7 Å². The molecule has 1 aliphatic heterocycles. The van der Waals surface area contributed by atoms with Gasteiger partial charge in [-0.15, -0.1) is 0 Å². The zero-order chi connectivity index (χ0) is 21.8. The fourth-order valence-corrected chi connectivity index (χ4v) is 3.43. The van der Waals surface area contributed by atoms with Crippen LogP contribution in [-0.4, -0.2) is 36.9 Å². The van der Waals surface area contributed by atoms with Gasteiger partial charge in [-0.2, -0.15) is 0 Å². The summed E-state index contributed by atoms with van der Waals surface area (Å²) in [4.78, 5) is 27.0. The molecule has 3 unspecified atom stereocenters. The van der Waals surface area contributed by atoms with Crippen molar-refractivity contribution < 1.29 is 9.59 Å². The highest BCUT2D eigenvalue weighted by molar-refractivity contribution is 6.01. The summed E-state index contributed by atoms with van der Waals surface area (Å²) in [5.41, 5.74) is 16.1. The first-order chi connectivity index (χ1) is 14.3. The summed E-state index contributed by atoms with van der Waals surface area (Å²) in [5, 5.41) is 2.70. The van der Waals surface area contributed by atoms with Crippen LogP contribution in [0.4, 0.5) is 11.4 Å². The molecule has 2 aromatic rings. The van der Waals surface area contributed by atoms with Crippen molar-refractivity contribution in [2.24, 2.45) is 5.73 Å². The minimum absolute atomic E-state index is 0.0978. The molecular weight excluding hydrogens is 376 g/mol. The SMILES string of the molecule is CC(N)C(=O)NC(C)C(=O)C1C=C(C=Cc2ccc(N)cc2)c2ccccc2N1C. The van der Waals surface area contributed by atoms with Crippen LogP contribution in [0, 0.1) is 0 Å². The van der Waals surface area contributed by atoms with Gasteiger partial charge in [-0.25, -0.2) is 0 Å². The quantitative estimate of drug-likeness (QED) is 0.643. The number of nitrogens with zero attached hydrogens (tertiary/aromatic N) is 1. The number of amides is 1. The number of benzene rings is 2. The number of anilines is 2. The Morgan fingerprint density at radius 3 is 2.40 bits per heavy atom. The normalized spacial score (nSPS) is 17.8. The zero-order valence-electron chi connectivity index (χ0n) is 17.5. The number of nitrogens with one attached hydrogen (secondary N) is 1. The number of carbonyl (C=O) groups excluding carboxylic acids is 2. The minimum Gasteiger partial charge on any atom is -0.399 e. The van der Waals surface area contributed by atoms with Gasteiger partial charge in [0.15, 0.2) is 5.78 Å². The molecule has 1 amide bonds. The van der Waals surface area contributed by atoms with E-state index in [0.29, 0.717) is 5.69 Å². The number of rotatable bonds is 6. The van der Waals surface area contributed by atoms with Crippen LogP contribution >= 0.6 is 0 Å². The maximum absolute atomic E-state index is 13.2. The van der Waals surface area contributed by atoms with Crippen LogP contribution in [0.15, 0.2) is 60.7 Å². The summed E-state index contributed by atoms with van der Waals surface area (Å²) < 4.78 is 0. The van der Waals surface area contributed by atoms with Crippen LogP contribution in [-0.2, 0) is 9.59 Å². The van der Waals surface area contributed by atoms with E-state index in [0.717, 1.165) is 22.4 Å². The van der Waals surface area contributed by atoms with Crippen LogP contribution < -0.4 is 21.7 Å². The third-order valence-corrected chi connectivity index (χ3v) is 5.23. The number of hydrogen-bond acceptors (Lipinski definition) is 5. The number of likely N-dealkylation sites (N-methyl/N-ethyl adjacent to an activating group) is 1. The molecule has 30 heavy (non-hydrogen) atoms. The molecule has 2 aromatic carbocycles. The summed E-state index contributed by atoms with van der Waals surface area (Å²) in [6.45, 7) is 3.28. The van der Waals surface area contributed by atoms with Crippen molar-refractivity contribution in [1.29, 1.82) is 0 Å². The molecule has 0 fully saturated rings. The molecule has 3 rings (SSSR count). The predicted molar refractivity (Wildman–Crippen MR) is 123 cm³/mol. The Hall–Kier alpha value is -3.38. The highest BCUT2D eigenvalue weighted by atomic mass is 16.2. The Morgan fingerprint density at radius 1 is 1.07 bits per heavy atom. The molecule has 1 heterocycles. The van der Waals surface area contributed by atoms with Gasteiger partial charge >= 0.3 is 0 Å². The first-order valence-corrected chi connectivity index (χ1v) is 9.95. The summed E-state index contributed by atoms with van der Waals surface area (Å²) >= 11 is 0. The Balaban J connectivity index is 1.92. The lowest BCUT2D eigenvalue weighted by Crippen LogP contribution is -2.52. The number of nitrogen functional groups attached to an aromatic ring is 1. The fraction of sp³-hybridized carbons (Fsp3) is 0.250. The largest absolute Gasteiger partial charge is 0.399 e. The lowest BCUT2D eigenvalue weighted by Gasteiger charge is -2.34. The molecule has 0 saturated heterocycles. The Labute approximate surface area is 177 Å². The molecule has 0 spiro atoms. The molecule has 5 N–H and O–H groups in total. The summed E-state index contributed by atoms with van der Waals surface area (Å²) in [6, 6.07) is 13.7. The zero-order valence-corrected chi connectivity index (χ0v) is 17.5. The monoisotopic (exact) mass is 404 g/mol. The summed E-state index contributed by atoms with van der Waals surface area (Å²) in [7, 11) is 1.89. The maximum atomic E-state index is 13.2. The Bertz CT molecular complexity index is 993. The number of ketones is 1. The molecule has 3 atom stereocenters. The topological polar surface area (TPSA) is 101 Å². The van der Waals surface area contributed by atoms with Gasteiger partial charge in [0.25, 0.3) is 0 Å². The number of Topliss-reactive ketones (excluding diaryl/α,β-unsaturated/α-hetero) is 1. The van der Waals surface area contributed by atoms with Gasteiger partial charge in [0.1, 0.15) is 6.04 Å². The molecular formula is C24H28N4O2. The molecule has 1 aliphatic rings. The lowest BCUT2D eigenvalue weighted by molar-refractivity contribution is -0.128. The van der Waals surface area contributed by atoms with E-state index in [1.165, 1.54) is 0 Å². The molecule has 0 bridgehead atoms. The van der Waals surface area contributed by atoms with Crippen LogP contribution in [0.3, 0.4) is 0 Å². The molecule has 6 heteroatoms. The Kier molecular flexibility index (Phi) is 6.37. The molecule has 0 saturated carbocycles. The number of carbonyl (C=O) groups is 2.